The van der Waals surface area contributed by atoms with Crippen LogP contribution in [0.25, 0.3) is 0 Å². The Balaban J connectivity index is 1.44. The quantitative estimate of drug-likeness (QED) is 0.732. The van der Waals surface area contributed by atoms with Crippen LogP contribution in [0.1, 0.15) is 18.4 Å². The number of amidine groups is 1. The number of hydrogen-bond donors (Lipinski definition) is 1. The second-order valence-electron chi connectivity index (χ2n) is 6.98. The first-order valence-electron chi connectivity index (χ1n) is 9.23. The number of rotatable bonds is 3. The molecule has 0 spiro atoms. The number of carbonyl (C=O) groups is 1. The van der Waals surface area contributed by atoms with Gasteiger partial charge in [-0.25, -0.2) is 0 Å². The van der Waals surface area contributed by atoms with Crippen molar-refractivity contribution in [3.63, 3.8) is 0 Å². The zero-order valence-corrected chi connectivity index (χ0v) is 18.2. The van der Waals surface area contributed by atoms with Gasteiger partial charge in [0.05, 0.1) is 12.8 Å². The van der Waals surface area contributed by atoms with Crippen molar-refractivity contribution in [2.45, 2.75) is 17.7 Å². The Morgan fingerprint density at radius 2 is 1.93 bits per heavy atom. The summed E-state index contributed by atoms with van der Waals surface area (Å²) >= 11 is 3.40. The molecule has 29 heavy (non-hydrogen) atoms. The molecule has 0 aromatic heterocycles. The van der Waals surface area contributed by atoms with Crippen LogP contribution in [0.3, 0.4) is 0 Å². The van der Waals surface area contributed by atoms with Crippen molar-refractivity contribution in [1.29, 1.82) is 0 Å². The highest BCUT2D eigenvalue weighted by Crippen LogP contribution is 2.31. The van der Waals surface area contributed by atoms with E-state index in [4.69, 9.17) is 4.74 Å². The summed E-state index contributed by atoms with van der Waals surface area (Å²) in [5, 5.41) is 2.95. The van der Waals surface area contributed by atoms with E-state index in [1.54, 1.807) is 43.5 Å². The van der Waals surface area contributed by atoms with Gasteiger partial charge in [-0.2, -0.15) is 8.42 Å². The number of piperidine rings is 1. The first-order valence-corrected chi connectivity index (χ1v) is 11.5. The summed E-state index contributed by atoms with van der Waals surface area (Å²) < 4.78 is 34.7. The summed E-state index contributed by atoms with van der Waals surface area (Å²) in [6.07, 6.45) is 1.23. The Labute approximate surface area is 178 Å². The minimum Gasteiger partial charge on any atom is -0.495 e. The van der Waals surface area contributed by atoms with Crippen LogP contribution in [0, 0.1) is 5.92 Å². The van der Waals surface area contributed by atoms with Crippen LogP contribution >= 0.6 is 15.9 Å². The van der Waals surface area contributed by atoms with Crippen LogP contribution in [-0.2, 0) is 14.8 Å². The topological polar surface area (TPSA) is 88.1 Å². The minimum atomic E-state index is -3.64. The van der Waals surface area contributed by atoms with Crippen molar-refractivity contribution in [2.24, 2.45) is 10.3 Å². The molecular formula is C20H20BrN3O4S. The molecule has 0 bridgehead atoms. The number of carbonyl (C=O) groups excluding carboxylic acids is 1. The predicted octanol–water partition coefficient (Wildman–Crippen LogP) is 3.26. The largest absolute Gasteiger partial charge is 0.495 e. The van der Waals surface area contributed by atoms with Gasteiger partial charge in [0.1, 0.15) is 10.6 Å². The van der Waals surface area contributed by atoms with Gasteiger partial charge in [-0.05, 0) is 43.2 Å². The zero-order valence-electron chi connectivity index (χ0n) is 15.8. The van der Waals surface area contributed by atoms with Gasteiger partial charge in [0.2, 0.25) is 5.91 Å². The molecule has 0 aliphatic carbocycles. The maximum Gasteiger partial charge on any atom is 0.285 e. The second kappa shape index (κ2) is 7.79. The number of fused-ring (bicyclic) bond motifs is 1. The lowest BCUT2D eigenvalue weighted by Crippen LogP contribution is -2.41. The van der Waals surface area contributed by atoms with Gasteiger partial charge in [-0.1, -0.05) is 28.1 Å². The van der Waals surface area contributed by atoms with Crippen LogP contribution in [0.15, 0.2) is 56.2 Å². The molecule has 0 radical (unpaired) electrons. The van der Waals surface area contributed by atoms with Gasteiger partial charge in [0, 0.05) is 29.0 Å². The lowest BCUT2D eigenvalue weighted by Gasteiger charge is -2.32. The first kappa shape index (κ1) is 19.9. The standard InChI is InChI=1S/C20H20BrN3O4S/c1-28-17-7-6-14(21)12-16(17)22-20(25)13-8-10-24(11-9-13)19-15-4-2-3-5-18(15)29(26,27)23-19/h2-7,12-13H,8-11H2,1H3,(H,22,25). The van der Waals surface area contributed by atoms with E-state index in [2.05, 4.69) is 25.6 Å². The molecule has 2 heterocycles. The van der Waals surface area contributed by atoms with Crippen molar-refractivity contribution in [3.05, 3.63) is 52.5 Å². The SMILES string of the molecule is COc1ccc(Br)cc1NC(=O)C1CCN(C2=NS(=O)(=O)c3ccccc32)CC1. The van der Waals surface area contributed by atoms with E-state index in [9.17, 15) is 13.2 Å². The molecule has 0 unspecified atom stereocenters. The van der Waals surface area contributed by atoms with Crippen LogP contribution in [0.2, 0.25) is 0 Å². The molecule has 152 valence electrons. The Hall–Kier alpha value is -2.39. The van der Waals surface area contributed by atoms with Gasteiger partial charge in [0.25, 0.3) is 10.0 Å². The fourth-order valence-electron chi connectivity index (χ4n) is 3.68. The highest BCUT2D eigenvalue weighted by Gasteiger charge is 2.34. The lowest BCUT2D eigenvalue weighted by atomic mass is 9.95. The highest BCUT2D eigenvalue weighted by molar-refractivity contribution is 9.10. The van der Waals surface area contributed by atoms with E-state index in [0.29, 0.717) is 48.8 Å². The third-order valence-corrected chi connectivity index (χ3v) is 7.02. The van der Waals surface area contributed by atoms with Crippen molar-refractivity contribution >= 4 is 43.4 Å². The number of benzene rings is 2. The van der Waals surface area contributed by atoms with Crippen molar-refractivity contribution in [2.75, 3.05) is 25.5 Å². The summed E-state index contributed by atoms with van der Waals surface area (Å²) in [6, 6.07) is 12.3. The third-order valence-electron chi connectivity index (χ3n) is 5.20. The first-order chi connectivity index (χ1) is 13.9. The summed E-state index contributed by atoms with van der Waals surface area (Å²) in [6.45, 7) is 1.13. The van der Waals surface area contributed by atoms with Gasteiger partial charge >= 0.3 is 0 Å². The number of ether oxygens (including phenoxy) is 1. The molecule has 2 aliphatic rings. The average molecular weight is 478 g/mol. The maximum absolute atomic E-state index is 12.7. The zero-order chi connectivity index (χ0) is 20.6. The van der Waals surface area contributed by atoms with E-state index >= 15 is 0 Å². The Morgan fingerprint density at radius 3 is 2.66 bits per heavy atom. The molecule has 2 aromatic rings. The summed E-state index contributed by atoms with van der Waals surface area (Å²) in [7, 11) is -2.08. The molecule has 1 N–H and O–H groups in total. The van der Waals surface area contributed by atoms with Crippen molar-refractivity contribution in [1.82, 2.24) is 4.90 Å². The molecule has 9 heteroatoms. The van der Waals surface area contributed by atoms with E-state index in [1.807, 2.05) is 11.0 Å². The molecule has 1 amide bonds. The van der Waals surface area contributed by atoms with Gasteiger partial charge < -0.3 is 15.0 Å². The van der Waals surface area contributed by atoms with Crippen LogP contribution in [-0.4, -0.2) is 45.3 Å². The minimum absolute atomic E-state index is 0.0672. The molecule has 1 fully saturated rings. The van der Waals surface area contributed by atoms with Crippen LogP contribution in [0.5, 0.6) is 5.75 Å². The van der Waals surface area contributed by atoms with E-state index in [0.717, 1.165) is 4.47 Å². The lowest BCUT2D eigenvalue weighted by molar-refractivity contribution is -0.121. The molecule has 2 aliphatic heterocycles. The molecule has 4 rings (SSSR count). The summed E-state index contributed by atoms with van der Waals surface area (Å²) in [4.78, 5) is 14.9. The number of amides is 1. The highest BCUT2D eigenvalue weighted by atomic mass is 79.9. The van der Waals surface area contributed by atoms with E-state index in [1.165, 1.54) is 0 Å². The normalized spacial score (nSPS) is 18.1. The van der Waals surface area contributed by atoms with Gasteiger partial charge in [0.15, 0.2) is 5.84 Å². The van der Waals surface area contributed by atoms with Crippen LogP contribution < -0.4 is 10.1 Å². The number of likely N-dealkylation sites (tertiary alicyclic amines) is 1. The average Bonchev–Trinajstić information content (AvgIpc) is 3.00. The number of nitrogens with one attached hydrogen (secondary N) is 1. The fraction of sp³-hybridized carbons (Fsp3) is 0.300. The molecule has 1 saturated heterocycles. The molecule has 7 nitrogen and oxygen atoms in total. The number of methoxy groups -OCH3 is 1. The number of halogens is 1. The Morgan fingerprint density at radius 1 is 1.21 bits per heavy atom. The van der Waals surface area contributed by atoms with Crippen molar-refractivity contribution < 1.29 is 17.9 Å². The molecular weight excluding hydrogens is 458 g/mol. The third kappa shape index (κ3) is 3.89. The van der Waals surface area contributed by atoms with E-state index < -0.39 is 10.0 Å². The van der Waals surface area contributed by atoms with Gasteiger partial charge in [-0.15, -0.1) is 4.40 Å². The summed E-state index contributed by atoms with van der Waals surface area (Å²) in [5.74, 6) is 0.848. The molecule has 0 saturated carbocycles. The summed E-state index contributed by atoms with van der Waals surface area (Å²) in [5.41, 5.74) is 1.25. The number of anilines is 1. The number of nitrogens with zero attached hydrogens (tertiary/aromatic N) is 2. The van der Waals surface area contributed by atoms with E-state index in [-0.39, 0.29) is 16.7 Å². The predicted molar refractivity (Wildman–Crippen MR) is 114 cm³/mol. The molecule has 2 aromatic carbocycles. The Kier molecular flexibility index (Phi) is 5.35. The monoisotopic (exact) mass is 477 g/mol. The molecule has 0 atom stereocenters. The smallest absolute Gasteiger partial charge is 0.285 e. The number of hydrogen-bond acceptors (Lipinski definition) is 5. The maximum atomic E-state index is 12.7. The second-order valence-corrected chi connectivity index (χ2v) is 9.47. The fourth-order valence-corrected chi connectivity index (χ4v) is 5.27. The number of sulfonamides is 1. The van der Waals surface area contributed by atoms with Crippen LogP contribution in [0.4, 0.5) is 5.69 Å². The van der Waals surface area contributed by atoms with Crippen molar-refractivity contribution in [3.8, 4) is 5.75 Å². The Bertz CT molecular complexity index is 1090. The van der Waals surface area contributed by atoms with Gasteiger partial charge in [-0.3, -0.25) is 4.79 Å².